The van der Waals surface area contributed by atoms with E-state index < -0.39 is 0 Å². The molecule has 1 aromatic rings. The minimum atomic E-state index is 0.732. The molecule has 1 rings (SSSR count). The van der Waals surface area contributed by atoms with Crippen LogP contribution in [0.5, 0.6) is 0 Å². The smallest absolute Gasteiger partial charge is 0.202 e. The summed E-state index contributed by atoms with van der Waals surface area (Å²) in [5.74, 6) is 0.937. The van der Waals surface area contributed by atoms with Crippen LogP contribution in [0.1, 0.15) is 20.3 Å². The van der Waals surface area contributed by atoms with E-state index in [2.05, 4.69) is 21.8 Å². The Bertz CT molecular complexity index is 247. The van der Waals surface area contributed by atoms with Crippen LogP contribution < -0.4 is 5.32 Å². The van der Waals surface area contributed by atoms with Gasteiger partial charge in [-0.3, -0.25) is 0 Å². The van der Waals surface area contributed by atoms with Crippen molar-refractivity contribution in [1.29, 1.82) is 0 Å². The molecule has 0 fully saturated rings. The molecular weight excluding hydrogens is 178 g/mol. The molecule has 0 unspecified atom stereocenters. The van der Waals surface area contributed by atoms with Gasteiger partial charge in [0.15, 0.2) is 0 Å². The number of ether oxygens (including phenoxy) is 1. The van der Waals surface area contributed by atoms with Crippen molar-refractivity contribution in [3.05, 3.63) is 12.4 Å². The molecule has 0 aliphatic rings. The summed E-state index contributed by atoms with van der Waals surface area (Å²) in [5, 5.41) is 3.24. The molecule has 0 bridgehead atoms. The SMILES string of the molecule is CCCn1ccnc1NCCOCC. The van der Waals surface area contributed by atoms with Gasteiger partial charge < -0.3 is 14.6 Å². The second-order valence-corrected chi connectivity index (χ2v) is 3.07. The van der Waals surface area contributed by atoms with Crippen molar-refractivity contribution in [3.63, 3.8) is 0 Å². The lowest BCUT2D eigenvalue weighted by Gasteiger charge is -2.08. The average molecular weight is 197 g/mol. The van der Waals surface area contributed by atoms with E-state index >= 15 is 0 Å². The summed E-state index contributed by atoms with van der Waals surface area (Å²) in [6, 6.07) is 0. The van der Waals surface area contributed by atoms with Crippen molar-refractivity contribution in [1.82, 2.24) is 9.55 Å². The average Bonchev–Trinajstić information content (AvgIpc) is 2.61. The lowest BCUT2D eigenvalue weighted by Crippen LogP contribution is -2.13. The van der Waals surface area contributed by atoms with Crippen LogP contribution in [0.3, 0.4) is 0 Å². The van der Waals surface area contributed by atoms with Crippen molar-refractivity contribution in [2.24, 2.45) is 0 Å². The summed E-state index contributed by atoms with van der Waals surface area (Å²) in [4.78, 5) is 4.23. The van der Waals surface area contributed by atoms with Gasteiger partial charge in [0.1, 0.15) is 0 Å². The van der Waals surface area contributed by atoms with E-state index in [0.29, 0.717) is 0 Å². The van der Waals surface area contributed by atoms with Crippen LogP contribution in [0.25, 0.3) is 0 Å². The third-order valence-corrected chi connectivity index (χ3v) is 1.91. The van der Waals surface area contributed by atoms with Crippen molar-refractivity contribution in [3.8, 4) is 0 Å². The van der Waals surface area contributed by atoms with Crippen LogP contribution in [0.4, 0.5) is 5.95 Å². The first-order valence-corrected chi connectivity index (χ1v) is 5.21. The lowest BCUT2D eigenvalue weighted by atomic mass is 10.5. The van der Waals surface area contributed by atoms with Gasteiger partial charge in [-0.15, -0.1) is 0 Å². The first-order valence-electron chi connectivity index (χ1n) is 5.21. The first-order chi connectivity index (χ1) is 6.88. The van der Waals surface area contributed by atoms with E-state index in [-0.39, 0.29) is 0 Å². The maximum absolute atomic E-state index is 5.23. The summed E-state index contributed by atoms with van der Waals surface area (Å²) >= 11 is 0. The van der Waals surface area contributed by atoms with E-state index in [1.165, 1.54) is 0 Å². The largest absolute Gasteiger partial charge is 0.380 e. The Hall–Kier alpha value is -1.03. The van der Waals surface area contributed by atoms with Gasteiger partial charge in [-0.25, -0.2) is 4.98 Å². The Kier molecular flexibility index (Phi) is 5.07. The van der Waals surface area contributed by atoms with Crippen LogP contribution >= 0.6 is 0 Å². The van der Waals surface area contributed by atoms with Crippen LogP contribution in [0.15, 0.2) is 12.4 Å². The Balaban J connectivity index is 2.30. The van der Waals surface area contributed by atoms with Gasteiger partial charge in [0.2, 0.25) is 5.95 Å². The molecule has 0 radical (unpaired) electrons. The number of anilines is 1. The third kappa shape index (κ3) is 3.38. The van der Waals surface area contributed by atoms with E-state index in [1.54, 1.807) is 0 Å². The van der Waals surface area contributed by atoms with Gasteiger partial charge in [-0.2, -0.15) is 0 Å². The second-order valence-electron chi connectivity index (χ2n) is 3.07. The molecule has 0 aliphatic carbocycles. The molecule has 0 spiro atoms. The van der Waals surface area contributed by atoms with Gasteiger partial charge in [0.05, 0.1) is 6.61 Å². The van der Waals surface area contributed by atoms with E-state index in [0.717, 1.165) is 38.7 Å². The Morgan fingerprint density at radius 1 is 1.50 bits per heavy atom. The zero-order chi connectivity index (χ0) is 10.2. The van der Waals surface area contributed by atoms with Crippen LogP contribution in [-0.2, 0) is 11.3 Å². The Morgan fingerprint density at radius 2 is 2.36 bits per heavy atom. The van der Waals surface area contributed by atoms with Gasteiger partial charge in [0, 0.05) is 32.1 Å². The normalized spacial score (nSPS) is 10.4. The molecule has 1 N–H and O–H groups in total. The predicted molar refractivity (Wildman–Crippen MR) is 57.5 cm³/mol. The molecule has 4 nitrogen and oxygen atoms in total. The minimum absolute atomic E-state index is 0.732. The fraction of sp³-hybridized carbons (Fsp3) is 0.700. The van der Waals surface area contributed by atoms with Crippen molar-refractivity contribution in [2.45, 2.75) is 26.8 Å². The maximum Gasteiger partial charge on any atom is 0.202 e. The fourth-order valence-electron chi connectivity index (χ4n) is 1.28. The highest BCUT2D eigenvalue weighted by molar-refractivity contribution is 5.25. The zero-order valence-electron chi connectivity index (χ0n) is 8.99. The number of aryl methyl sites for hydroxylation is 1. The number of nitrogens with zero attached hydrogens (tertiary/aromatic N) is 2. The molecule has 1 aromatic heterocycles. The van der Waals surface area contributed by atoms with E-state index in [1.807, 2.05) is 19.3 Å². The number of hydrogen-bond acceptors (Lipinski definition) is 3. The number of rotatable bonds is 7. The summed E-state index contributed by atoms with van der Waals surface area (Å²) in [7, 11) is 0. The fourth-order valence-corrected chi connectivity index (χ4v) is 1.28. The summed E-state index contributed by atoms with van der Waals surface area (Å²) in [6.07, 6.45) is 4.93. The summed E-state index contributed by atoms with van der Waals surface area (Å²) in [5.41, 5.74) is 0. The van der Waals surface area contributed by atoms with Gasteiger partial charge in [-0.1, -0.05) is 6.92 Å². The van der Waals surface area contributed by atoms with E-state index in [4.69, 9.17) is 4.74 Å². The highest BCUT2D eigenvalue weighted by atomic mass is 16.5. The zero-order valence-corrected chi connectivity index (χ0v) is 8.99. The molecule has 1 heterocycles. The topological polar surface area (TPSA) is 39.1 Å². The van der Waals surface area contributed by atoms with Crippen LogP contribution in [0.2, 0.25) is 0 Å². The first kappa shape index (κ1) is 11.0. The molecule has 0 aromatic carbocycles. The minimum Gasteiger partial charge on any atom is -0.380 e. The maximum atomic E-state index is 5.23. The highest BCUT2D eigenvalue weighted by Gasteiger charge is 1.99. The third-order valence-electron chi connectivity index (χ3n) is 1.91. The molecule has 0 aliphatic heterocycles. The number of aromatic nitrogens is 2. The van der Waals surface area contributed by atoms with Gasteiger partial charge >= 0.3 is 0 Å². The Labute approximate surface area is 85.3 Å². The van der Waals surface area contributed by atoms with Crippen molar-refractivity contribution in [2.75, 3.05) is 25.1 Å². The second kappa shape index (κ2) is 6.43. The summed E-state index contributed by atoms with van der Waals surface area (Å²) in [6.45, 7) is 7.48. The van der Waals surface area contributed by atoms with Crippen LogP contribution in [0, 0.1) is 0 Å². The lowest BCUT2D eigenvalue weighted by molar-refractivity contribution is 0.158. The molecule has 0 saturated heterocycles. The molecule has 80 valence electrons. The quantitative estimate of drug-likeness (QED) is 0.677. The number of imidazole rings is 1. The van der Waals surface area contributed by atoms with Gasteiger partial charge in [-0.05, 0) is 13.3 Å². The highest BCUT2D eigenvalue weighted by Crippen LogP contribution is 2.04. The molecule has 0 saturated carbocycles. The van der Waals surface area contributed by atoms with E-state index in [9.17, 15) is 0 Å². The summed E-state index contributed by atoms with van der Waals surface area (Å²) < 4.78 is 7.35. The predicted octanol–water partition coefficient (Wildman–Crippen LogP) is 1.74. The number of nitrogens with one attached hydrogen (secondary N) is 1. The molecule has 14 heavy (non-hydrogen) atoms. The monoisotopic (exact) mass is 197 g/mol. The van der Waals surface area contributed by atoms with Crippen molar-refractivity contribution < 1.29 is 4.74 Å². The molecule has 4 heteroatoms. The van der Waals surface area contributed by atoms with Crippen molar-refractivity contribution >= 4 is 5.95 Å². The Morgan fingerprint density at radius 3 is 3.07 bits per heavy atom. The standard InChI is InChI=1S/C10H19N3O/c1-3-7-13-8-5-11-10(13)12-6-9-14-4-2/h5,8H,3-4,6-7,9H2,1-2H3,(H,11,12). The van der Waals surface area contributed by atoms with Crippen LogP contribution in [-0.4, -0.2) is 29.3 Å². The molecule has 0 atom stereocenters. The number of hydrogen-bond donors (Lipinski definition) is 1. The molecule has 0 amide bonds. The molecular formula is C10H19N3O. The van der Waals surface area contributed by atoms with Gasteiger partial charge in [0.25, 0.3) is 0 Å².